The number of amides is 1. The van der Waals surface area contributed by atoms with Gasteiger partial charge in [0.15, 0.2) is 0 Å². The predicted octanol–water partition coefficient (Wildman–Crippen LogP) is 3.46. The van der Waals surface area contributed by atoms with Crippen LogP contribution in [-0.4, -0.2) is 41.9 Å². The van der Waals surface area contributed by atoms with Gasteiger partial charge in [-0.2, -0.15) is 0 Å². The first-order chi connectivity index (χ1) is 11.4. The molecule has 1 aromatic carbocycles. The molecular weight excluding hydrogens is 302 g/mol. The Bertz CT molecular complexity index is 708. The molecule has 0 radical (unpaired) electrons. The number of carbonyl (C=O) groups is 1. The van der Waals surface area contributed by atoms with Gasteiger partial charge in [-0.3, -0.25) is 4.90 Å². The smallest absolute Gasteiger partial charge is 0.411 e. The Morgan fingerprint density at radius 2 is 2.17 bits per heavy atom. The van der Waals surface area contributed by atoms with Gasteiger partial charge >= 0.3 is 6.09 Å². The molecule has 1 aromatic rings. The Morgan fingerprint density at radius 1 is 1.38 bits per heavy atom. The monoisotopic (exact) mass is 325 g/mol. The Balaban J connectivity index is 1.87. The van der Waals surface area contributed by atoms with Gasteiger partial charge in [0, 0.05) is 5.56 Å². The number of benzene rings is 1. The lowest BCUT2D eigenvalue weighted by Crippen LogP contribution is -2.57. The summed E-state index contributed by atoms with van der Waals surface area (Å²) >= 11 is 0. The molecule has 4 nitrogen and oxygen atoms in total. The van der Waals surface area contributed by atoms with E-state index in [1.807, 2.05) is 43.9 Å². The Morgan fingerprint density at radius 3 is 2.83 bits per heavy atom. The number of hydrogen-bond donors (Lipinski definition) is 0. The fraction of sp³-hybridized carbons (Fsp3) is 0.450. The third-order valence-corrected chi connectivity index (χ3v) is 4.20. The number of nitrogens with zero attached hydrogens (tertiary/aromatic N) is 1. The maximum atomic E-state index is 12.6. The summed E-state index contributed by atoms with van der Waals surface area (Å²) in [6.07, 6.45) is 8.08. The van der Waals surface area contributed by atoms with Gasteiger partial charge in [0.1, 0.15) is 5.60 Å². The minimum atomic E-state index is -0.503. The molecule has 2 bridgehead atoms. The van der Waals surface area contributed by atoms with Crippen LogP contribution in [0.15, 0.2) is 30.3 Å². The van der Waals surface area contributed by atoms with Crippen LogP contribution < -0.4 is 0 Å². The van der Waals surface area contributed by atoms with Crippen molar-refractivity contribution in [3.63, 3.8) is 0 Å². The minimum Gasteiger partial charge on any atom is -0.444 e. The van der Waals surface area contributed by atoms with Gasteiger partial charge in [0.25, 0.3) is 0 Å². The van der Waals surface area contributed by atoms with Gasteiger partial charge < -0.3 is 9.47 Å². The van der Waals surface area contributed by atoms with E-state index in [1.165, 1.54) is 5.57 Å². The van der Waals surface area contributed by atoms with Gasteiger partial charge in [0.2, 0.25) is 0 Å². The second-order valence-electron chi connectivity index (χ2n) is 7.27. The van der Waals surface area contributed by atoms with Gasteiger partial charge in [-0.25, -0.2) is 4.79 Å². The van der Waals surface area contributed by atoms with E-state index in [1.54, 1.807) is 0 Å². The molecule has 0 aromatic heterocycles. The van der Waals surface area contributed by atoms with Gasteiger partial charge in [0.05, 0.1) is 25.3 Å². The molecule has 0 N–H and O–H groups in total. The van der Waals surface area contributed by atoms with Gasteiger partial charge in [-0.15, -0.1) is 6.42 Å². The van der Waals surface area contributed by atoms with E-state index in [-0.39, 0.29) is 18.2 Å². The highest BCUT2D eigenvalue weighted by atomic mass is 16.6. The van der Waals surface area contributed by atoms with Crippen LogP contribution in [0, 0.1) is 12.3 Å². The first-order valence-electron chi connectivity index (χ1n) is 8.24. The van der Waals surface area contributed by atoms with Crippen LogP contribution in [-0.2, 0) is 9.47 Å². The molecule has 1 saturated heterocycles. The minimum absolute atomic E-state index is 0.00640. The van der Waals surface area contributed by atoms with E-state index in [0.29, 0.717) is 13.2 Å². The van der Waals surface area contributed by atoms with Crippen LogP contribution in [0.2, 0.25) is 0 Å². The van der Waals surface area contributed by atoms with Crippen molar-refractivity contribution in [1.29, 1.82) is 0 Å². The molecule has 0 aliphatic carbocycles. The van der Waals surface area contributed by atoms with E-state index in [4.69, 9.17) is 15.9 Å². The zero-order chi connectivity index (χ0) is 17.3. The van der Waals surface area contributed by atoms with Crippen LogP contribution in [0.25, 0.3) is 5.57 Å². The average molecular weight is 325 g/mol. The van der Waals surface area contributed by atoms with Gasteiger partial charge in [-0.05, 0) is 50.5 Å². The van der Waals surface area contributed by atoms with E-state index in [2.05, 4.69) is 18.1 Å². The van der Waals surface area contributed by atoms with Crippen molar-refractivity contribution in [3.05, 3.63) is 41.5 Å². The first-order valence-corrected chi connectivity index (χ1v) is 8.24. The molecule has 126 valence electrons. The third kappa shape index (κ3) is 3.47. The number of ether oxygens (including phenoxy) is 2. The van der Waals surface area contributed by atoms with E-state index < -0.39 is 5.60 Å². The molecule has 1 fully saturated rings. The molecule has 4 heteroatoms. The molecule has 2 heterocycles. The predicted molar refractivity (Wildman–Crippen MR) is 93.4 cm³/mol. The van der Waals surface area contributed by atoms with E-state index >= 15 is 0 Å². The maximum Gasteiger partial charge on any atom is 0.411 e. The van der Waals surface area contributed by atoms with Crippen molar-refractivity contribution in [2.24, 2.45) is 0 Å². The summed E-state index contributed by atoms with van der Waals surface area (Å²) in [6.45, 7) is 6.67. The molecule has 2 unspecified atom stereocenters. The summed E-state index contributed by atoms with van der Waals surface area (Å²) in [6, 6.07) is 7.87. The SMILES string of the molecule is C#Cc1cccc(C2=CC3COCC(C2)N3C(=O)OC(C)(C)C)c1. The number of hydrogen-bond acceptors (Lipinski definition) is 3. The standard InChI is InChI=1S/C20H23NO3/c1-5-14-7-6-8-15(9-14)16-10-17-12-23-13-18(11-16)21(17)19(22)24-20(2,3)4/h1,6-10,17-18H,11-13H2,2-4H3. The fourth-order valence-electron chi connectivity index (χ4n) is 3.22. The molecule has 0 saturated carbocycles. The molecule has 2 aliphatic rings. The normalized spacial score (nSPS) is 23.2. The highest BCUT2D eigenvalue weighted by molar-refractivity contribution is 5.75. The number of rotatable bonds is 1. The zero-order valence-electron chi connectivity index (χ0n) is 14.4. The summed E-state index contributed by atoms with van der Waals surface area (Å²) in [4.78, 5) is 14.4. The third-order valence-electron chi connectivity index (χ3n) is 4.20. The molecule has 3 rings (SSSR count). The molecule has 2 aliphatic heterocycles. The Labute approximate surface area is 143 Å². The highest BCUT2D eigenvalue weighted by Crippen LogP contribution is 2.33. The van der Waals surface area contributed by atoms with Crippen LogP contribution in [0.4, 0.5) is 4.79 Å². The second kappa shape index (κ2) is 6.33. The van der Waals surface area contributed by atoms with Crippen molar-refractivity contribution in [2.45, 2.75) is 44.9 Å². The largest absolute Gasteiger partial charge is 0.444 e. The van der Waals surface area contributed by atoms with E-state index in [0.717, 1.165) is 17.5 Å². The summed E-state index contributed by atoms with van der Waals surface area (Å²) in [5, 5.41) is 0. The lowest BCUT2D eigenvalue weighted by molar-refractivity contribution is -0.0510. The first kappa shape index (κ1) is 16.6. The highest BCUT2D eigenvalue weighted by Gasteiger charge is 2.40. The van der Waals surface area contributed by atoms with Crippen LogP contribution >= 0.6 is 0 Å². The molecule has 0 spiro atoms. The summed E-state index contributed by atoms with van der Waals surface area (Å²) in [7, 11) is 0. The number of morpholine rings is 1. The van der Waals surface area contributed by atoms with Crippen molar-refractivity contribution in [3.8, 4) is 12.3 Å². The number of terminal acetylenes is 1. The van der Waals surface area contributed by atoms with Crippen molar-refractivity contribution < 1.29 is 14.3 Å². The number of fused-ring (bicyclic) bond motifs is 2. The molecule has 24 heavy (non-hydrogen) atoms. The van der Waals surface area contributed by atoms with Gasteiger partial charge in [-0.1, -0.05) is 24.1 Å². The van der Waals surface area contributed by atoms with E-state index in [9.17, 15) is 4.79 Å². The van der Waals surface area contributed by atoms with Crippen molar-refractivity contribution in [2.75, 3.05) is 13.2 Å². The molecule has 1 amide bonds. The van der Waals surface area contributed by atoms with Crippen LogP contribution in [0.1, 0.15) is 38.3 Å². The molecule has 2 atom stereocenters. The Kier molecular flexibility index (Phi) is 4.38. The van der Waals surface area contributed by atoms with Crippen LogP contribution in [0.5, 0.6) is 0 Å². The topological polar surface area (TPSA) is 38.8 Å². The zero-order valence-corrected chi connectivity index (χ0v) is 14.4. The second-order valence-corrected chi connectivity index (χ2v) is 7.27. The average Bonchev–Trinajstić information content (AvgIpc) is 2.52. The summed E-state index contributed by atoms with van der Waals surface area (Å²) < 4.78 is 11.2. The summed E-state index contributed by atoms with van der Waals surface area (Å²) in [5.41, 5.74) is 2.69. The lowest BCUT2D eigenvalue weighted by atomic mass is 9.89. The van der Waals surface area contributed by atoms with Crippen LogP contribution in [0.3, 0.4) is 0 Å². The Hall–Kier alpha value is -2.25. The maximum absolute atomic E-state index is 12.6. The fourth-order valence-corrected chi connectivity index (χ4v) is 3.22. The lowest BCUT2D eigenvalue weighted by Gasteiger charge is -2.44. The van der Waals surface area contributed by atoms with Crippen molar-refractivity contribution in [1.82, 2.24) is 4.90 Å². The summed E-state index contributed by atoms with van der Waals surface area (Å²) in [5.74, 6) is 2.67. The quantitative estimate of drug-likeness (QED) is 0.742. The molecular formula is C20H23NO3. The number of carbonyl (C=O) groups excluding carboxylic acids is 1. The van der Waals surface area contributed by atoms with Crippen molar-refractivity contribution >= 4 is 11.7 Å².